The van der Waals surface area contributed by atoms with Crippen LogP contribution in [0.25, 0.3) is 10.2 Å². The van der Waals surface area contributed by atoms with Crippen molar-refractivity contribution in [2.24, 2.45) is 0 Å². The molecular formula is C25H30FN3O3S2. The van der Waals surface area contributed by atoms with Gasteiger partial charge in [-0.15, -0.1) is 11.8 Å². The molecule has 0 bridgehead atoms. The highest BCUT2D eigenvalue weighted by Gasteiger charge is 2.22. The quantitative estimate of drug-likeness (QED) is 0.364. The van der Waals surface area contributed by atoms with Gasteiger partial charge >= 0.3 is 0 Å². The van der Waals surface area contributed by atoms with Crippen molar-refractivity contribution in [1.29, 1.82) is 0 Å². The predicted molar refractivity (Wildman–Crippen MR) is 137 cm³/mol. The number of ether oxygens (including phenoxy) is 2. The lowest BCUT2D eigenvalue weighted by molar-refractivity contribution is -0.118. The number of amides is 1. The number of hydrogen-bond acceptors (Lipinski definition) is 7. The van der Waals surface area contributed by atoms with Gasteiger partial charge in [-0.1, -0.05) is 17.4 Å². The molecule has 0 saturated carbocycles. The summed E-state index contributed by atoms with van der Waals surface area (Å²) in [7, 11) is 1.64. The third-order valence-corrected chi connectivity index (χ3v) is 8.03. The SMILES string of the molecule is COc1ccc(C)c2sc(N(CCCN3CCOCC3)C(=O)CCSc3ccc(F)cc3)nc12. The average molecular weight is 504 g/mol. The summed E-state index contributed by atoms with van der Waals surface area (Å²) in [6.45, 7) is 6.97. The molecule has 0 atom stereocenters. The van der Waals surface area contributed by atoms with Crippen LogP contribution >= 0.6 is 23.1 Å². The number of carbonyl (C=O) groups excluding carboxylic acids is 1. The molecule has 6 nitrogen and oxygen atoms in total. The predicted octanol–water partition coefficient (Wildman–Crippen LogP) is 4.99. The zero-order chi connectivity index (χ0) is 23.9. The first kappa shape index (κ1) is 24.9. The van der Waals surface area contributed by atoms with E-state index in [2.05, 4.69) is 4.90 Å². The zero-order valence-corrected chi connectivity index (χ0v) is 21.2. The number of thiazole rings is 1. The Balaban J connectivity index is 1.47. The van der Waals surface area contributed by atoms with E-state index in [9.17, 15) is 9.18 Å². The molecule has 4 rings (SSSR count). The van der Waals surface area contributed by atoms with Crippen molar-refractivity contribution in [3.63, 3.8) is 0 Å². The number of hydrogen-bond donors (Lipinski definition) is 0. The number of nitrogens with zero attached hydrogens (tertiary/aromatic N) is 3. The molecule has 182 valence electrons. The number of carbonyl (C=O) groups is 1. The van der Waals surface area contributed by atoms with E-state index >= 15 is 0 Å². The third kappa shape index (κ3) is 6.27. The number of aromatic nitrogens is 1. The number of methoxy groups -OCH3 is 1. The maximum Gasteiger partial charge on any atom is 0.229 e. The second kappa shape index (κ2) is 12.0. The second-order valence-electron chi connectivity index (χ2n) is 8.16. The zero-order valence-electron chi connectivity index (χ0n) is 19.6. The van der Waals surface area contributed by atoms with Gasteiger partial charge in [0.15, 0.2) is 5.13 Å². The Kier molecular flexibility index (Phi) is 8.77. The van der Waals surface area contributed by atoms with Gasteiger partial charge in [0, 0.05) is 43.2 Å². The monoisotopic (exact) mass is 503 g/mol. The summed E-state index contributed by atoms with van der Waals surface area (Å²) in [6, 6.07) is 10.3. The van der Waals surface area contributed by atoms with Gasteiger partial charge in [-0.05, 0) is 49.2 Å². The van der Waals surface area contributed by atoms with E-state index < -0.39 is 0 Å². The van der Waals surface area contributed by atoms with Crippen LogP contribution in [0.4, 0.5) is 9.52 Å². The van der Waals surface area contributed by atoms with Crippen LogP contribution in [0.15, 0.2) is 41.3 Å². The van der Waals surface area contributed by atoms with Crippen LogP contribution in [0.1, 0.15) is 18.4 Å². The summed E-state index contributed by atoms with van der Waals surface area (Å²) in [4.78, 5) is 23.3. The van der Waals surface area contributed by atoms with Crippen LogP contribution in [-0.4, -0.2) is 68.0 Å². The molecule has 2 aromatic carbocycles. The third-order valence-electron chi connectivity index (χ3n) is 5.80. The van der Waals surface area contributed by atoms with E-state index in [1.165, 1.54) is 23.5 Å². The fourth-order valence-electron chi connectivity index (χ4n) is 3.90. The van der Waals surface area contributed by atoms with Crippen molar-refractivity contribution in [3.8, 4) is 5.75 Å². The van der Waals surface area contributed by atoms with Crippen molar-refractivity contribution in [2.45, 2.75) is 24.7 Å². The lowest BCUT2D eigenvalue weighted by Gasteiger charge is -2.27. The highest BCUT2D eigenvalue weighted by molar-refractivity contribution is 7.99. The first-order valence-corrected chi connectivity index (χ1v) is 13.3. The van der Waals surface area contributed by atoms with Gasteiger partial charge in [0.05, 0.1) is 25.0 Å². The number of morpholine rings is 1. The number of halogens is 1. The normalized spacial score (nSPS) is 14.4. The lowest BCUT2D eigenvalue weighted by atomic mass is 10.2. The molecule has 1 saturated heterocycles. The highest BCUT2D eigenvalue weighted by Crippen LogP contribution is 2.36. The van der Waals surface area contributed by atoms with Crippen molar-refractivity contribution in [2.75, 3.05) is 57.2 Å². The molecule has 0 radical (unpaired) electrons. The highest BCUT2D eigenvalue weighted by atomic mass is 32.2. The van der Waals surface area contributed by atoms with Crippen LogP contribution in [0.2, 0.25) is 0 Å². The van der Waals surface area contributed by atoms with Crippen molar-refractivity contribution in [3.05, 3.63) is 47.8 Å². The van der Waals surface area contributed by atoms with Gasteiger partial charge in [-0.25, -0.2) is 9.37 Å². The maximum absolute atomic E-state index is 13.3. The Hall–Kier alpha value is -2.20. The van der Waals surface area contributed by atoms with E-state index in [-0.39, 0.29) is 11.7 Å². The first-order valence-electron chi connectivity index (χ1n) is 11.5. The van der Waals surface area contributed by atoms with Crippen molar-refractivity contribution < 1.29 is 18.7 Å². The minimum atomic E-state index is -0.256. The number of rotatable bonds is 10. The van der Waals surface area contributed by atoms with Gasteiger partial charge in [0.2, 0.25) is 5.91 Å². The summed E-state index contributed by atoms with van der Waals surface area (Å²) in [5.41, 5.74) is 1.92. The standard InChI is InChI=1S/C25H30FN3O3S2/c1-18-4-9-21(31-2)23-24(18)34-25(27-23)29(12-3-11-28-13-15-32-16-14-28)22(30)10-17-33-20-7-5-19(26)6-8-20/h4-9H,3,10-17H2,1-2H3. The van der Waals surface area contributed by atoms with Crippen molar-refractivity contribution >= 4 is 44.4 Å². The lowest BCUT2D eigenvalue weighted by Crippen LogP contribution is -2.39. The minimum Gasteiger partial charge on any atom is -0.494 e. The molecule has 1 aliphatic rings. The van der Waals surface area contributed by atoms with Gasteiger partial charge in [-0.2, -0.15) is 0 Å². The fourth-order valence-corrected chi connectivity index (χ4v) is 5.84. The molecule has 1 aliphatic heterocycles. The summed E-state index contributed by atoms with van der Waals surface area (Å²) < 4.78 is 25.2. The molecule has 1 aromatic heterocycles. The van der Waals surface area contributed by atoms with Crippen LogP contribution in [0.3, 0.4) is 0 Å². The molecule has 0 N–H and O–H groups in total. The molecule has 0 spiro atoms. The largest absolute Gasteiger partial charge is 0.494 e. The molecule has 1 amide bonds. The van der Waals surface area contributed by atoms with Crippen LogP contribution in [0.5, 0.6) is 5.75 Å². The van der Waals surface area contributed by atoms with E-state index in [0.29, 0.717) is 23.8 Å². The van der Waals surface area contributed by atoms with E-state index in [1.54, 1.807) is 31.0 Å². The number of anilines is 1. The van der Waals surface area contributed by atoms with E-state index in [1.807, 2.05) is 24.0 Å². The van der Waals surface area contributed by atoms with Gasteiger partial charge < -0.3 is 9.47 Å². The topological polar surface area (TPSA) is 54.9 Å². The molecule has 0 unspecified atom stereocenters. The Labute approximate surface area is 208 Å². The average Bonchev–Trinajstić information content (AvgIpc) is 3.30. The molecule has 9 heteroatoms. The molecule has 3 aromatic rings. The first-order chi connectivity index (χ1) is 16.5. The molecule has 0 aliphatic carbocycles. The summed E-state index contributed by atoms with van der Waals surface area (Å²) >= 11 is 3.10. The number of thioether (sulfide) groups is 1. The molecule has 34 heavy (non-hydrogen) atoms. The number of fused-ring (bicyclic) bond motifs is 1. The summed E-state index contributed by atoms with van der Waals surface area (Å²) in [5, 5.41) is 0.710. The maximum atomic E-state index is 13.3. The Morgan fingerprint density at radius 2 is 2.00 bits per heavy atom. The Morgan fingerprint density at radius 1 is 1.24 bits per heavy atom. The molecule has 1 fully saturated rings. The minimum absolute atomic E-state index is 0.0484. The molecule has 2 heterocycles. The van der Waals surface area contributed by atoms with E-state index in [0.717, 1.165) is 65.7 Å². The number of aryl methyl sites for hydroxylation is 1. The van der Waals surface area contributed by atoms with Gasteiger partial charge in [0.1, 0.15) is 17.1 Å². The summed E-state index contributed by atoms with van der Waals surface area (Å²) in [6.07, 6.45) is 1.24. The Bertz CT molecular complexity index is 1100. The van der Waals surface area contributed by atoms with E-state index in [4.69, 9.17) is 14.5 Å². The van der Waals surface area contributed by atoms with Crippen LogP contribution in [-0.2, 0) is 9.53 Å². The smallest absolute Gasteiger partial charge is 0.229 e. The summed E-state index contributed by atoms with van der Waals surface area (Å²) in [5.74, 6) is 1.13. The second-order valence-corrected chi connectivity index (χ2v) is 10.3. The van der Waals surface area contributed by atoms with Gasteiger partial charge in [0.25, 0.3) is 0 Å². The number of benzene rings is 2. The van der Waals surface area contributed by atoms with Crippen molar-refractivity contribution in [1.82, 2.24) is 9.88 Å². The van der Waals surface area contributed by atoms with Crippen LogP contribution in [0, 0.1) is 12.7 Å². The Morgan fingerprint density at radius 3 is 2.74 bits per heavy atom. The van der Waals surface area contributed by atoms with Crippen LogP contribution < -0.4 is 9.64 Å². The van der Waals surface area contributed by atoms with Gasteiger partial charge in [-0.3, -0.25) is 14.6 Å². The molecular weight excluding hydrogens is 473 g/mol. The fraction of sp³-hybridized carbons (Fsp3) is 0.440.